The number of para-hydroxylation sites is 6. The van der Waals surface area contributed by atoms with Gasteiger partial charge in [-0.05, 0) is 97.1 Å². The zero-order valence-electron chi connectivity index (χ0n) is 36.1. The summed E-state index contributed by atoms with van der Waals surface area (Å²) in [6.07, 6.45) is 4.03. The molecule has 4 aromatic heterocycles. The Labute approximate surface area is 394 Å². The van der Waals surface area contributed by atoms with E-state index in [0.717, 1.165) is 106 Å². The lowest BCUT2D eigenvalue weighted by Crippen LogP contribution is -2.33. The van der Waals surface area contributed by atoms with Gasteiger partial charge in [0, 0.05) is 59.3 Å². The molecule has 3 aliphatic rings. The predicted molar refractivity (Wildman–Crippen MR) is 272 cm³/mol. The number of hydrogen-bond acceptors (Lipinski definition) is 6. The van der Waals surface area contributed by atoms with E-state index in [1.807, 2.05) is 24.5 Å². The molecule has 1 spiro atoms. The van der Waals surface area contributed by atoms with Crippen molar-refractivity contribution in [2.24, 2.45) is 0 Å². The highest BCUT2D eigenvalue weighted by atomic mass is 32.2. The van der Waals surface area contributed by atoms with Gasteiger partial charge in [0.1, 0.15) is 11.5 Å². The maximum Gasteiger partial charge on any atom is 0.132 e. The highest BCUT2D eigenvalue weighted by molar-refractivity contribution is 7.99. The Bertz CT molecular complexity index is 4120. The first-order valence-electron chi connectivity index (χ1n) is 22.7. The zero-order valence-corrected chi connectivity index (χ0v) is 36.9. The number of hydrogen-bond donors (Lipinski definition) is 0. The SMILES string of the molecule is N#Cc1ccc2c(c1)c1ccccc1n2-c1ccc2c(c1)C1(c3ccccc3O2)c2cc(N3c4ccccc4Sc4ccccc43)cnc2-c2ncc(-n3c4ccccc4c4ccccc43)cc21. The van der Waals surface area contributed by atoms with Crippen LogP contribution in [-0.2, 0) is 5.41 Å². The monoisotopic (exact) mass is 886 g/mol. The van der Waals surface area contributed by atoms with Crippen molar-refractivity contribution in [1.29, 1.82) is 5.26 Å². The number of pyridine rings is 2. The molecule has 8 aromatic carbocycles. The van der Waals surface area contributed by atoms with Gasteiger partial charge in [0.15, 0.2) is 0 Å². The molecule has 0 N–H and O–H groups in total. The third-order valence-electron chi connectivity index (χ3n) is 14.2. The summed E-state index contributed by atoms with van der Waals surface area (Å²) in [7, 11) is 0. The number of anilines is 3. The molecule has 68 heavy (non-hydrogen) atoms. The Kier molecular flexibility index (Phi) is 7.58. The highest BCUT2D eigenvalue weighted by Gasteiger charge is 2.53. The fourth-order valence-electron chi connectivity index (χ4n) is 11.5. The summed E-state index contributed by atoms with van der Waals surface area (Å²) in [4.78, 5) is 15.7. The first-order chi connectivity index (χ1) is 33.7. The van der Waals surface area contributed by atoms with Gasteiger partial charge in [-0.2, -0.15) is 5.26 Å². The molecule has 1 aliphatic carbocycles. The summed E-state index contributed by atoms with van der Waals surface area (Å²) in [5.41, 5.74) is 14.8. The molecule has 12 aromatic rings. The van der Waals surface area contributed by atoms with Gasteiger partial charge in [0.25, 0.3) is 0 Å². The van der Waals surface area contributed by atoms with E-state index in [1.54, 1.807) is 11.8 Å². The Hall–Kier alpha value is -8.90. The van der Waals surface area contributed by atoms with E-state index < -0.39 is 5.41 Å². The lowest BCUT2D eigenvalue weighted by Gasteiger charge is -2.40. The number of aromatic nitrogens is 4. The second-order valence-corrected chi connectivity index (χ2v) is 18.7. The van der Waals surface area contributed by atoms with Crippen LogP contribution in [0.15, 0.2) is 216 Å². The van der Waals surface area contributed by atoms with Crippen LogP contribution in [0.4, 0.5) is 17.1 Å². The maximum absolute atomic E-state index is 9.98. The van der Waals surface area contributed by atoms with E-state index in [2.05, 4.69) is 202 Å². The quantitative estimate of drug-likeness (QED) is 0.176. The van der Waals surface area contributed by atoms with Crippen molar-refractivity contribution in [2.75, 3.05) is 4.90 Å². The Morgan fingerprint density at radius 2 is 0.956 bits per heavy atom. The largest absolute Gasteiger partial charge is 0.457 e. The lowest BCUT2D eigenvalue weighted by molar-refractivity contribution is 0.436. The number of nitrogens with zero attached hydrogens (tertiary/aromatic N) is 6. The van der Waals surface area contributed by atoms with E-state index in [1.165, 1.54) is 20.6 Å². The molecule has 6 heterocycles. The van der Waals surface area contributed by atoms with Gasteiger partial charge < -0.3 is 18.8 Å². The van der Waals surface area contributed by atoms with Gasteiger partial charge in [0.2, 0.25) is 0 Å². The molecule has 8 heteroatoms. The van der Waals surface area contributed by atoms with Crippen LogP contribution < -0.4 is 9.64 Å². The van der Waals surface area contributed by atoms with Gasteiger partial charge in [-0.25, -0.2) is 0 Å². The van der Waals surface area contributed by atoms with Crippen LogP contribution in [0.3, 0.4) is 0 Å². The van der Waals surface area contributed by atoms with Crippen molar-refractivity contribution < 1.29 is 4.74 Å². The molecule has 1 unspecified atom stereocenters. The van der Waals surface area contributed by atoms with Crippen LogP contribution in [0.2, 0.25) is 0 Å². The second kappa shape index (κ2) is 13.8. The first-order valence-corrected chi connectivity index (χ1v) is 23.5. The smallest absolute Gasteiger partial charge is 0.132 e. The maximum atomic E-state index is 9.98. The molecule has 0 amide bonds. The number of rotatable bonds is 3. The van der Waals surface area contributed by atoms with E-state index >= 15 is 0 Å². The number of nitriles is 1. The fourth-order valence-corrected chi connectivity index (χ4v) is 12.6. The van der Waals surface area contributed by atoms with Crippen LogP contribution in [0.5, 0.6) is 11.5 Å². The van der Waals surface area contributed by atoms with E-state index in [-0.39, 0.29) is 0 Å². The Morgan fingerprint density at radius 1 is 0.441 bits per heavy atom. The lowest BCUT2D eigenvalue weighted by atomic mass is 9.66. The average Bonchev–Trinajstić information content (AvgIpc) is 4.01. The van der Waals surface area contributed by atoms with Crippen molar-refractivity contribution in [1.82, 2.24) is 19.1 Å². The minimum Gasteiger partial charge on any atom is -0.457 e. The van der Waals surface area contributed by atoms with Gasteiger partial charge in [-0.1, -0.05) is 109 Å². The van der Waals surface area contributed by atoms with Gasteiger partial charge in [0.05, 0.1) is 85.6 Å². The van der Waals surface area contributed by atoms with Gasteiger partial charge in [-0.15, -0.1) is 0 Å². The second-order valence-electron chi connectivity index (χ2n) is 17.6. The van der Waals surface area contributed by atoms with E-state index in [0.29, 0.717) is 5.56 Å². The topological polar surface area (TPSA) is 71.9 Å². The summed E-state index contributed by atoms with van der Waals surface area (Å²) in [5.74, 6) is 1.54. The standard InChI is InChI=1S/C60H34N6OS/c61-33-36-25-27-51-43(29-36)42-15-3-7-19-50(42)64(51)37-26-28-55-45(30-37)60(44-16-4-10-22-54(44)67-55)46-31-38(65-48-17-5-1-13-40(48)41-14-2-6-18-49(41)65)34-62-58(46)59-47(60)32-39(35-63-59)66-52-20-8-11-23-56(52)68-57-24-12-9-21-53(57)66/h1-32,34-35H. The van der Waals surface area contributed by atoms with Crippen LogP contribution >= 0.6 is 11.8 Å². The van der Waals surface area contributed by atoms with Crippen LogP contribution in [-0.4, -0.2) is 19.1 Å². The number of ether oxygens (including phenoxy) is 1. The van der Waals surface area contributed by atoms with Crippen molar-refractivity contribution in [2.45, 2.75) is 15.2 Å². The zero-order chi connectivity index (χ0) is 44.7. The molecule has 0 fully saturated rings. The van der Waals surface area contributed by atoms with Crippen LogP contribution in [0.25, 0.3) is 66.4 Å². The average molecular weight is 887 g/mol. The van der Waals surface area contributed by atoms with Crippen molar-refractivity contribution in [3.63, 3.8) is 0 Å². The van der Waals surface area contributed by atoms with Crippen molar-refractivity contribution in [3.05, 3.63) is 234 Å². The minimum atomic E-state index is -0.939. The third-order valence-corrected chi connectivity index (χ3v) is 15.4. The molecular weight excluding hydrogens is 853 g/mol. The first kappa shape index (κ1) is 37.3. The van der Waals surface area contributed by atoms with Gasteiger partial charge in [-0.3, -0.25) is 9.97 Å². The Morgan fingerprint density at radius 3 is 1.63 bits per heavy atom. The van der Waals surface area contributed by atoms with Crippen molar-refractivity contribution in [3.8, 4) is 40.3 Å². The molecule has 7 nitrogen and oxygen atoms in total. The molecule has 0 saturated heterocycles. The molecular formula is C60H34N6OS. The molecule has 15 rings (SSSR count). The van der Waals surface area contributed by atoms with Crippen molar-refractivity contribution >= 4 is 72.4 Å². The molecule has 0 bridgehead atoms. The fraction of sp³-hybridized carbons (Fsp3) is 0.0167. The molecule has 1 atom stereocenters. The Balaban J connectivity index is 1.06. The molecule has 316 valence electrons. The van der Waals surface area contributed by atoms with Gasteiger partial charge >= 0.3 is 0 Å². The minimum absolute atomic E-state index is 0.626. The summed E-state index contributed by atoms with van der Waals surface area (Å²) in [6.45, 7) is 0. The van der Waals surface area contributed by atoms with E-state index in [9.17, 15) is 5.26 Å². The normalized spacial score (nSPS) is 15.1. The summed E-state index contributed by atoms with van der Waals surface area (Å²) in [6, 6.07) is 71.1. The third kappa shape index (κ3) is 4.92. The molecule has 0 saturated carbocycles. The molecule has 2 aliphatic heterocycles. The molecule has 0 radical (unpaired) electrons. The van der Waals surface area contributed by atoms with Crippen LogP contribution in [0, 0.1) is 11.3 Å². The van der Waals surface area contributed by atoms with E-state index in [4.69, 9.17) is 14.7 Å². The number of benzene rings is 8. The summed E-state index contributed by atoms with van der Waals surface area (Å²) >= 11 is 1.80. The predicted octanol–water partition coefficient (Wildman–Crippen LogP) is 14.9. The van der Waals surface area contributed by atoms with Crippen LogP contribution in [0.1, 0.15) is 27.8 Å². The summed E-state index contributed by atoms with van der Waals surface area (Å²) < 4.78 is 11.7. The summed E-state index contributed by atoms with van der Waals surface area (Å²) in [5, 5.41) is 14.5. The number of fused-ring (bicyclic) bond motifs is 17. The highest BCUT2D eigenvalue weighted by Crippen LogP contribution is 2.63.